The van der Waals surface area contributed by atoms with E-state index in [1.807, 2.05) is 0 Å². The minimum Gasteiger partial charge on any atom is -0.355 e. The van der Waals surface area contributed by atoms with Crippen LogP contribution in [-0.2, 0) is 11.2 Å². The van der Waals surface area contributed by atoms with Crippen LogP contribution in [0.15, 0.2) is 24.3 Å². The lowest BCUT2D eigenvalue weighted by molar-refractivity contribution is -0.120. The van der Waals surface area contributed by atoms with Crippen molar-refractivity contribution >= 4 is 5.91 Å². The molecule has 17 heavy (non-hydrogen) atoms. The van der Waals surface area contributed by atoms with E-state index in [1.165, 1.54) is 25.0 Å². The van der Waals surface area contributed by atoms with Crippen LogP contribution < -0.4 is 10.6 Å². The summed E-state index contributed by atoms with van der Waals surface area (Å²) in [4.78, 5) is 11.4. The van der Waals surface area contributed by atoms with Crippen molar-refractivity contribution < 1.29 is 9.18 Å². The molecule has 0 aromatic heterocycles. The Bertz CT molecular complexity index is 374. The molecule has 0 unspecified atom stereocenters. The zero-order chi connectivity index (χ0) is 12.1. The van der Waals surface area contributed by atoms with Gasteiger partial charge < -0.3 is 10.6 Å². The first-order valence-electron chi connectivity index (χ1n) is 5.98. The van der Waals surface area contributed by atoms with E-state index in [1.54, 1.807) is 12.1 Å². The fourth-order valence-corrected chi connectivity index (χ4v) is 1.58. The molecule has 1 aromatic rings. The number of hydrogen-bond donors (Lipinski definition) is 2. The van der Waals surface area contributed by atoms with E-state index in [-0.39, 0.29) is 11.7 Å². The summed E-state index contributed by atoms with van der Waals surface area (Å²) in [6.07, 6.45) is 3.10. The summed E-state index contributed by atoms with van der Waals surface area (Å²) in [7, 11) is 0. The summed E-state index contributed by atoms with van der Waals surface area (Å²) in [5, 5.41) is 5.98. The first-order valence-corrected chi connectivity index (χ1v) is 5.98. The highest BCUT2D eigenvalue weighted by atomic mass is 19.1. The van der Waals surface area contributed by atoms with Crippen LogP contribution in [0.3, 0.4) is 0 Å². The molecule has 1 aromatic carbocycles. The van der Waals surface area contributed by atoms with Gasteiger partial charge in [-0.25, -0.2) is 4.39 Å². The van der Waals surface area contributed by atoms with Gasteiger partial charge in [-0.3, -0.25) is 4.79 Å². The number of halogens is 1. The predicted octanol–water partition coefficient (Wildman–Crippen LogP) is 1.24. The van der Waals surface area contributed by atoms with Gasteiger partial charge in [0.25, 0.3) is 0 Å². The van der Waals surface area contributed by atoms with Crippen molar-refractivity contribution in [3.8, 4) is 0 Å². The van der Waals surface area contributed by atoms with Gasteiger partial charge in [-0.15, -0.1) is 0 Å². The molecule has 1 amide bonds. The van der Waals surface area contributed by atoms with Crippen LogP contribution in [0.4, 0.5) is 4.39 Å². The second-order valence-corrected chi connectivity index (χ2v) is 4.38. The Hall–Kier alpha value is -1.42. The summed E-state index contributed by atoms with van der Waals surface area (Å²) in [5.41, 5.74) is 1.03. The molecule has 2 rings (SSSR count). The van der Waals surface area contributed by atoms with E-state index in [4.69, 9.17) is 0 Å². The zero-order valence-electron chi connectivity index (χ0n) is 9.71. The van der Waals surface area contributed by atoms with E-state index < -0.39 is 0 Å². The van der Waals surface area contributed by atoms with Crippen molar-refractivity contribution in [2.45, 2.75) is 25.3 Å². The Morgan fingerprint density at radius 2 is 2.00 bits per heavy atom. The molecule has 1 aliphatic rings. The van der Waals surface area contributed by atoms with Crippen LogP contribution in [0.5, 0.6) is 0 Å². The molecule has 0 saturated heterocycles. The minimum absolute atomic E-state index is 0.0269. The minimum atomic E-state index is -0.230. The van der Waals surface area contributed by atoms with Gasteiger partial charge in [0.05, 0.1) is 6.54 Å². The molecule has 92 valence electrons. The van der Waals surface area contributed by atoms with Crippen LogP contribution in [0.25, 0.3) is 0 Å². The Balaban J connectivity index is 1.61. The summed E-state index contributed by atoms with van der Waals surface area (Å²) in [6.45, 7) is 0.991. The monoisotopic (exact) mass is 236 g/mol. The number of nitrogens with one attached hydrogen (secondary N) is 2. The van der Waals surface area contributed by atoms with Gasteiger partial charge in [0, 0.05) is 12.6 Å². The maximum atomic E-state index is 12.6. The maximum absolute atomic E-state index is 12.6. The highest BCUT2D eigenvalue weighted by molar-refractivity contribution is 5.78. The molecule has 1 saturated carbocycles. The van der Waals surface area contributed by atoms with Gasteiger partial charge in [-0.05, 0) is 37.0 Å². The van der Waals surface area contributed by atoms with E-state index in [9.17, 15) is 9.18 Å². The van der Waals surface area contributed by atoms with Gasteiger partial charge in [0.15, 0.2) is 0 Å². The number of carbonyl (C=O) groups is 1. The summed E-state index contributed by atoms with van der Waals surface area (Å²) in [5.74, 6) is -0.203. The molecule has 0 heterocycles. The lowest BCUT2D eigenvalue weighted by atomic mass is 10.1. The lowest BCUT2D eigenvalue weighted by Crippen LogP contribution is -2.35. The van der Waals surface area contributed by atoms with Crippen LogP contribution in [0.1, 0.15) is 18.4 Å². The Kier molecular flexibility index (Phi) is 4.09. The fraction of sp³-hybridized carbons (Fsp3) is 0.462. The third-order valence-corrected chi connectivity index (χ3v) is 2.78. The van der Waals surface area contributed by atoms with Crippen LogP contribution in [-0.4, -0.2) is 25.0 Å². The Labute approximate surface area is 100 Å². The van der Waals surface area contributed by atoms with Crippen molar-refractivity contribution in [1.82, 2.24) is 10.6 Å². The van der Waals surface area contributed by atoms with Crippen LogP contribution in [0, 0.1) is 5.82 Å². The van der Waals surface area contributed by atoms with Gasteiger partial charge >= 0.3 is 0 Å². The van der Waals surface area contributed by atoms with Gasteiger partial charge in [0.2, 0.25) is 5.91 Å². The first-order chi connectivity index (χ1) is 8.24. The van der Waals surface area contributed by atoms with Crippen LogP contribution >= 0.6 is 0 Å². The number of hydrogen-bond acceptors (Lipinski definition) is 2. The molecule has 2 N–H and O–H groups in total. The fourth-order valence-electron chi connectivity index (χ4n) is 1.58. The summed E-state index contributed by atoms with van der Waals surface area (Å²) >= 11 is 0. The summed E-state index contributed by atoms with van der Waals surface area (Å²) in [6, 6.07) is 6.91. The molecule has 0 bridgehead atoms. The molecular formula is C13H17FN2O. The van der Waals surface area contributed by atoms with Crippen LogP contribution in [0.2, 0.25) is 0 Å². The van der Waals surface area contributed by atoms with Crippen molar-refractivity contribution in [2.75, 3.05) is 13.1 Å². The Morgan fingerprint density at radius 3 is 2.65 bits per heavy atom. The van der Waals surface area contributed by atoms with Gasteiger partial charge in [0.1, 0.15) is 5.82 Å². The number of benzene rings is 1. The predicted molar refractivity (Wildman–Crippen MR) is 64.1 cm³/mol. The van der Waals surface area contributed by atoms with Crippen molar-refractivity contribution in [2.24, 2.45) is 0 Å². The molecule has 1 aliphatic carbocycles. The lowest BCUT2D eigenvalue weighted by Gasteiger charge is -2.06. The largest absolute Gasteiger partial charge is 0.355 e. The van der Waals surface area contributed by atoms with E-state index in [0.717, 1.165) is 12.0 Å². The van der Waals surface area contributed by atoms with Gasteiger partial charge in [-0.1, -0.05) is 12.1 Å². The molecule has 1 fully saturated rings. The average Bonchev–Trinajstić information content (AvgIpc) is 3.13. The molecule has 4 heteroatoms. The number of amides is 1. The molecule has 3 nitrogen and oxygen atoms in total. The molecular weight excluding hydrogens is 219 g/mol. The molecule has 0 radical (unpaired) electrons. The maximum Gasteiger partial charge on any atom is 0.233 e. The number of carbonyl (C=O) groups excluding carboxylic acids is 1. The van der Waals surface area contributed by atoms with E-state index in [2.05, 4.69) is 10.6 Å². The topological polar surface area (TPSA) is 41.1 Å². The van der Waals surface area contributed by atoms with E-state index >= 15 is 0 Å². The van der Waals surface area contributed by atoms with Crippen molar-refractivity contribution in [3.63, 3.8) is 0 Å². The highest BCUT2D eigenvalue weighted by Crippen LogP contribution is 2.17. The normalized spacial score (nSPS) is 14.6. The highest BCUT2D eigenvalue weighted by Gasteiger charge is 2.20. The van der Waals surface area contributed by atoms with Crippen molar-refractivity contribution in [1.29, 1.82) is 0 Å². The zero-order valence-corrected chi connectivity index (χ0v) is 9.71. The second-order valence-electron chi connectivity index (χ2n) is 4.38. The van der Waals surface area contributed by atoms with Gasteiger partial charge in [-0.2, -0.15) is 0 Å². The quantitative estimate of drug-likeness (QED) is 0.780. The molecule has 0 spiro atoms. The standard InChI is InChI=1S/C13H17FN2O/c14-11-3-1-10(2-4-11)7-8-15-13(17)9-16-12-5-6-12/h1-4,12,16H,5-9H2,(H,15,17). The molecule has 0 aliphatic heterocycles. The van der Waals surface area contributed by atoms with Crippen molar-refractivity contribution in [3.05, 3.63) is 35.6 Å². The van der Waals surface area contributed by atoms with E-state index in [0.29, 0.717) is 19.1 Å². The molecule has 0 atom stereocenters. The second kappa shape index (κ2) is 5.77. The SMILES string of the molecule is O=C(CNC1CC1)NCCc1ccc(F)cc1. The third-order valence-electron chi connectivity index (χ3n) is 2.78. The smallest absolute Gasteiger partial charge is 0.233 e. The first kappa shape index (κ1) is 12.0. The number of rotatable bonds is 6. The third kappa shape index (κ3) is 4.53. The Morgan fingerprint density at radius 1 is 1.29 bits per heavy atom. The average molecular weight is 236 g/mol. The summed E-state index contributed by atoms with van der Waals surface area (Å²) < 4.78 is 12.6.